The number of hydrogen-bond acceptors (Lipinski definition) is 2. The normalized spacial score (nSPS) is 10.6. The van der Waals surface area contributed by atoms with Gasteiger partial charge in [0, 0.05) is 6.54 Å². The van der Waals surface area contributed by atoms with E-state index in [9.17, 15) is 9.18 Å². The summed E-state index contributed by atoms with van der Waals surface area (Å²) in [5.41, 5.74) is 0.283. The number of benzene rings is 1. The van der Waals surface area contributed by atoms with E-state index in [0.29, 0.717) is 12.2 Å². The number of aromatic carboxylic acids is 1. The van der Waals surface area contributed by atoms with E-state index in [1.807, 2.05) is 19.1 Å². The maximum absolute atomic E-state index is 13.4. The Morgan fingerprint density at radius 2 is 2.31 bits per heavy atom. The summed E-state index contributed by atoms with van der Waals surface area (Å²) in [6, 6.07) is 3.83. The minimum absolute atomic E-state index is 0.0449. The van der Waals surface area contributed by atoms with Crippen molar-refractivity contribution in [2.45, 2.75) is 13.3 Å². The van der Waals surface area contributed by atoms with Crippen molar-refractivity contribution in [2.75, 3.05) is 11.9 Å². The molecule has 1 aromatic carbocycles. The van der Waals surface area contributed by atoms with Crippen molar-refractivity contribution in [3.63, 3.8) is 0 Å². The zero-order chi connectivity index (χ0) is 12.0. The van der Waals surface area contributed by atoms with Crippen molar-refractivity contribution in [3.8, 4) is 0 Å². The average Bonchev–Trinajstić information content (AvgIpc) is 2.26. The molecule has 0 fully saturated rings. The van der Waals surface area contributed by atoms with Gasteiger partial charge in [0.15, 0.2) is 0 Å². The lowest BCUT2D eigenvalue weighted by molar-refractivity contribution is 0.0696. The lowest BCUT2D eigenvalue weighted by Crippen LogP contribution is -2.04. The van der Waals surface area contributed by atoms with Crippen molar-refractivity contribution in [1.82, 2.24) is 0 Å². The molecule has 0 spiro atoms. The molecule has 1 aromatic rings. The van der Waals surface area contributed by atoms with Crippen LogP contribution < -0.4 is 5.32 Å². The number of halogens is 1. The molecule has 3 nitrogen and oxygen atoms in total. The van der Waals surface area contributed by atoms with Crippen molar-refractivity contribution in [2.24, 2.45) is 0 Å². The third kappa shape index (κ3) is 3.38. The van der Waals surface area contributed by atoms with Crippen LogP contribution in [0.25, 0.3) is 0 Å². The summed E-state index contributed by atoms with van der Waals surface area (Å²) in [6.45, 7) is 2.54. The largest absolute Gasteiger partial charge is 0.478 e. The van der Waals surface area contributed by atoms with Crippen molar-refractivity contribution >= 4 is 11.7 Å². The zero-order valence-corrected chi connectivity index (χ0v) is 9.03. The first kappa shape index (κ1) is 12.2. The lowest BCUT2D eigenvalue weighted by atomic mass is 10.2. The Morgan fingerprint density at radius 1 is 1.56 bits per heavy atom. The molecule has 0 heterocycles. The molecule has 0 aliphatic rings. The molecule has 0 saturated heterocycles. The number of carbonyl (C=O) groups is 1. The molecule has 0 aliphatic heterocycles. The van der Waals surface area contributed by atoms with Gasteiger partial charge in [0.2, 0.25) is 0 Å². The lowest BCUT2D eigenvalue weighted by Gasteiger charge is -2.06. The molecule has 4 heteroatoms. The number of carboxylic acids is 1. The van der Waals surface area contributed by atoms with Crippen molar-refractivity contribution in [1.29, 1.82) is 0 Å². The van der Waals surface area contributed by atoms with Crippen LogP contribution in [0.1, 0.15) is 23.7 Å². The Kier molecular flexibility index (Phi) is 4.51. The van der Waals surface area contributed by atoms with Crippen LogP contribution in [-0.2, 0) is 0 Å². The Balaban J connectivity index is 2.64. The number of anilines is 1. The van der Waals surface area contributed by atoms with Gasteiger partial charge in [-0.2, -0.15) is 0 Å². The maximum atomic E-state index is 13.4. The molecular weight excluding hydrogens is 209 g/mol. The van der Waals surface area contributed by atoms with E-state index in [-0.39, 0.29) is 5.56 Å². The van der Waals surface area contributed by atoms with Gasteiger partial charge in [-0.25, -0.2) is 9.18 Å². The molecule has 0 unspecified atom stereocenters. The number of allylic oxidation sites excluding steroid dienone is 1. The van der Waals surface area contributed by atoms with Crippen LogP contribution in [0.5, 0.6) is 0 Å². The van der Waals surface area contributed by atoms with Crippen molar-refractivity contribution < 1.29 is 14.3 Å². The van der Waals surface area contributed by atoms with Crippen LogP contribution in [0.15, 0.2) is 30.4 Å². The third-order valence-corrected chi connectivity index (χ3v) is 2.08. The number of nitrogens with one attached hydrogen (secondary N) is 1. The van der Waals surface area contributed by atoms with Crippen LogP contribution in [0.3, 0.4) is 0 Å². The fourth-order valence-corrected chi connectivity index (χ4v) is 1.25. The van der Waals surface area contributed by atoms with Gasteiger partial charge < -0.3 is 10.4 Å². The van der Waals surface area contributed by atoms with Gasteiger partial charge in [0.25, 0.3) is 0 Å². The van der Waals surface area contributed by atoms with Gasteiger partial charge in [-0.15, -0.1) is 0 Å². The average molecular weight is 223 g/mol. The van der Waals surface area contributed by atoms with Gasteiger partial charge >= 0.3 is 5.97 Å². The predicted molar refractivity (Wildman–Crippen MR) is 61.3 cm³/mol. The van der Waals surface area contributed by atoms with Gasteiger partial charge in [0.1, 0.15) is 5.82 Å². The zero-order valence-electron chi connectivity index (χ0n) is 9.03. The summed E-state index contributed by atoms with van der Waals surface area (Å²) in [5.74, 6) is -1.67. The molecule has 0 bridgehead atoms. The minimum atomic E-state index is -1.13. The first-order chi connectivity index (χ1) is 7.65. The molecule has 1 rings (SSSR count). The fourth-order valence-electron chi connectivity index (χ4n) is 1.25. The fraction of sp³-hybridized carbons (Fsp3) is 0.250. The van der Waals surface area contributed by atoms with Gasteiger partial charge in [-0.05, 0) is 31.5 Å². The standard InChI is InChI=1S/C12H14FNO2/c1-2-3-4-7-14-11-6-5-9(12(15)16)8-10(11)13/h2-3,5-6,8,14H,4,7H2,1H3,(H,15,16)/b3-2+. The highest BCUT2D eigenvalue weighted by Gasteiger charge is 2.07. The summed E-state index contributed by atoms with van der Waals surface area (Å²) in [5, 5.41) is 11.5. The Bertz CT molecular complexity index is 402. The molecule has 86 valence electrons. The molecule has 16 heavy (non-hydrogen) atoms. The number of carboxylic acid groups (broad SMARTS) is 1. The smallest absolute Gasteiger partial charge is 0.335 e. The van der Waals surface area contributed by atoms with E-state index >= 15 is 0 Å². The monoisotopic (exact) mass is 223 g/mol. The van der Waals surface area contributed by atoms with E-state index in [0.717, 1.165) is 12.5 Å². The van der Waals surface area contributed by atoms with Crippen LogP contribution in [0, 0.1) is 5.82 Å². The first-order valence-electron chi connectivity index (χ1n) is 5.03. The summed E-state index contributed by atoms with van der Waals surface area (Å²) in [7, 11) is 0. The quantitative estimate of drug-likeness (QED) is 0.596. The Labute approximate surface area is 93.6 Å². The highest BCUT2D eigenvalue weighted by Crippen LogP contribution is 2.15. The second-order valence-corrected chi connectivity index (χ2v) is 3.28. The van der Waals surface area contributed by atoms with E-state index in [1.165, 1.54) is 12.1 Å². The summed E-state index contributed by atoms with van der Waals surface area (Å²) in [6.07, 6.45) is 4.69. The second-order valence-electron chi connectivity index (χ2n) is 3.28. The SMILES string of the molecule is C/C=C/CCNc1ccc(C(=O)O)cc1F. The molecule has 0 amide bonds. The van der Waals surface area contributed by atoms with Crippen LogP contribution in [0.2, 0.25) is 0 Å². The van der Waals surface area contributed by atoms with Crippen LogP contribution in [0.4, 0.5) is 10.1 Å². The van der Waals surface area contributed by atoms with E-state index in [1.54, 1.807) is 0 Å². The number of rotatable bonds is 5. The molecular formula is C12H14FNO2. The van der Waals surface area contributed by atoms with Crippen LogP contribution >= 0.6 is 0 Å². The first-order valence-corrected chi connectivity index (χ1v) is 5.03. The molecule has 2 N–H and O–H groups in total. The Hall–Kier alpha value is -1.84. The van der Waals surface area contributed by atoms with E-state index in [4.69, 9.17) is 5.11 Å². The highest BCUT2D eigenvalue weighted by molar-refractivity contribution is 5.88. The number of hydrogen-bond donors (Lipinski definition) is 2. The molecule has 0 atom stereocenters. The predicted octanol–water partition coefficient (Wildman–Crippen LogP) is 2.90. The molecule has 0 aromatic heterocycles. The van der Waals surface area contributed by atoms with Gasteiger partial charge in [-0.3, -0.25) is 0 Å². The minimum Gasteiger partial charge on any atom is -0.478 e. The van der Waals surface area contributed by atoms with E-state index in [2.05, 4.69) is 5.32 Å². The van der Waals surface area contributed by atoms with Gasteiger partial charge in [0.05, 0.1) is 11.3 Å². The van der Waals surface area contributed by atoms with E-state index < -0.39 is 11.8 Å². The third-order valence-electron chi connectivity index (χ3n) is 2.08. The van der Waals surface area contributed by atoms with Gasteiger partial charge in [-0.1, -0.05) is 12.2 Å². The molecule has 0 saturated carbocycles. The maximum Gasteiger partial charge on any atom is 0.335 e. The Morgan fingerprint density at radius 3 is 2.88 bits per heavy atom. The summed E-state index contributed by atoms with van der Waals surface area (Å²) in [4.78, 5) is 10.6. The summed E-state index contributed by atoms with van der Waals surface area (Å²) < 4.78 is 13.4. The van der Waals surface area contributed by atoms with Crippen LogP contribution in [-0.4, -0.2) is 17.6 Å². The summed E-state index contributed by atoms with van der Waals surface area (Å²) >= 11 is 0. The van der Waals surface area contributed by atoms with Crippen molar-refractivity contribution in [3.05, 3.63) is 41.7 Å². The molecule has 0 aliphatic carbocycles. The topological polar surface area (TPSA) is 49.3 Å². The molecule has 0 radical (unpaired) electrons. The second kappa shape index (κ2) is 5.90. The highest BCUT2D eigenvalue weighted by atomic mass is 19.1.